The van der Waals surface area contributed by atoms with Crippen LogP contribution in [0.2, 0.25) is 10.0 Å². The van der Waals surface area contributed by atoms with Gasteiger partial charge in [0.05, 0.1) is 23.4 Å². The molecule has 0 saturated carbocycles. The average molecular weight is 429 g/mol. The molecule has 3 aromatic carbocycles. The molecule has 0 aliphatic heterocycles. The van der Waals surface area contributed by atoms with Crippen LogP contribution in [0.5, 0.6) is 11.5 Å². The number of benzene rings is 3. The highest BCUT2D eigenvalue weighted by molar-refractivity contribution is 6.42. The van der Waals surface area contributed by atoms with Gasteiger partial charge in [-0.25, -0.2) is 5.43 Å². The molecule has 1 N–H and O–H groups in total. The third-order valence-corrected chi connectivity index (χ3v) is 4.74. The molecule has 0 atom stereocenters. The lowest BCUT2D eigenvalue weighted by molar-refractivity contribution is 0.0955. The molecule has 0 aliphatic rings. The predicted molar refractivity (Wildman–Crippen MR) is 115 cm³/mol. The highest BCUT2D eigenvalue weighted by Crippen LogP contribution is 2.23. The first-order valence-corrected chi connectivity index (χ1v) is 9.45. The minimum atomic E-state index is -0.300. The summed E-state index contributed by atoms with van der Waals surface area (Å²) in [6, 6.07) is 19.5. The number of ether oxygens (including phenoxy) is 2. The number of amides is 1. The van der Waals surface area contributed by atoms with Gasteiger partial charge in [-0.1, -0.05) is 29.3 Å². The summed E-state index contributed by atoms with van der Waals surface area (Å²) in [5.41, 5.74) is 4.73. The number of hydrazone groups is 1. The maximum Gasteiger partial charge on any atom is 0.271 e. The van der Waals surface area contributed by atoms with Gasteiger partial charge in [0.2, 0.25) is 0 Å². The van der Waals surface area contributed by atoms with Crippen molar-refractivity contribution >= 4 is 35.3 Å². The lowest BCUT2D eigenvalue weighted by Crippen LogP contribution is -2.17. The Morgan fingerprint density at radius 1 is 0.966 bits per heavy atom. The Bertz CT molecular complexity index is 1000. The molecular weight excluding hydrogens is 411 g/mol. The molecule has 7 heteroatoms. The van der Waals surface area contributed by atoms with Crippen molar-refractivity contribution in [1.82, 2.24) is 5.43 Å². The molecule has 1 amide bonds. The van der Waals surface area contributed by atoms with E-state index in [0.29, 0.717) is 33.7 Å². The molecule has 0 unspecified atom stereocenters. The SMILES string of the molecule is COc1ccc(C(=O)N/N=C\c2ccc(OCc3ccc(Cl)c(Cl)c3)cc2)cc1. The summed E-state index contributed by atoms with van der Waals surface area (Å²) in [6.07, 6.45) is 1.56. The fourth-order valence-electron chi connectivity index (χ4n) is 2.42. The van der Waals surface area contributed by atoms with E-state index >= 15 is 0 Å². The van der Waals surface area contributed by atoms with Gasteiger partial charge in [0.15, 0.2) is 0 Å². The van der Waals surface area contributed by atoms with Gasteiger partial charge < -0.3 is 9.47 Å². The van der Waals surface area contributed by atoms with Crippen molar-refractivity contribution in [2.45, 2.75) is 6.61 Å². The summed E-state index contributed by atoms with van der Waals surface area (Å²) in [7, 11) is 1.57. The Kier molecular flexibility index (Phi) is 7.11. The minimum Gasteiger partial charge on any atom is -0.497 e. The molecule has 0 bridgehead atoms. The van der Waals surface area contributed by atoms with E-state index in [1.807, 2.05) is 30.3 Å². The predicted octanol–water partition coefficient (Wildman–Crippen LogP) is 5.34. The second-order valence-corrected chi connectivity index (χ2v) is 6.85. The summed E-state index contributed by atoms with van der Waals surface area (Å²) < 4.78 is 10.8. The Morgan fingerprint density at radius 2 is 1.66 bits per heavy atom. The molecule has 0 fully saturated rings. The van der Waals surface area contributed by atoms with Crippen LogP contribution >= 0.6 is 23.2 Å². The maximum atomic E-state index is 12.1. The van der Waals surface area contributed by atoms with E-state index in [-0.39, 0.29) is 5.91 Å². The Morgan fingerprint density at radius 3 is 2.31 bits per heavy atom. The third kappa shape index (κ3) is 5.98. The monoisotopic (exact) mass is 428 g/mol. The van der Waals surface area contributed by atoms with Crippen molar-refractivity contribution in [3.8, 4) is 11.5 Å². The summed E-state index contributed by atoms with van der Waals surface area (Å²) in [6.45, 7) is 0.377. The largest absolute Gasteiger partial charge is 0.497 e. The Hall–Kier alpha value is -3.02. The van der Waals surface area contributed by atoms with Crippen LogP contribution in [0.1, 0.15) is 21.5 Å². The minimum absolute atomic E-state index is 0.300. The van der Waals surface area contributed by atoms with Gasteiger partial charge >= 0.3 is 0 Å². The topological polar surface area (TPSA) is 59.9 Å². The van der Waals surface area contributed by atoms with E-state index < -0.39 is 0 Å². The normalized spacial score (nSPS) is 10.7. The summed E-state index contributed by atoms with van der Waals surface area (Å²) in [4.78, 5) is 12.1. The van der Waals surface area contributed by atoms with E-state index in [1.165, 1.54) is 0 Å². The molecule has 0 aromatic heterocycles. The van der Waals surface area contributed by atoms with Crippen molar-refractivity contribution < 1.29 is 14.3 Å². The van der Waals surface area contributed by atoms with Gasteiger partial charge in [-0.3, -0.25) is 4.79 Å². The van der Waals surface area contributed by atoms with E-state index in [9.17, 15) is 4.79 Å². The Balaban J connectivity index is 1.51. The van der Waals surface area contributed by atoms with E-state index in [4.69, 9.17) is 32.7 Å². The molecule has 148 valence electrons. The fourth-order valence-corrected chi connectivity index (χ4v) is 2.74. The smallest absolute Gasteiger partial charge is 0.271 e. The number of hydrogen-bond donors (Lipinski definition) is 1. The van der Waals surface area contributed by atoms with Crippen LogP contribution in [0.15, 0.2) is 71.8 Å². The second kappa shape index (κ2) is 9.96. The van der Waals surface area contributed by atoms with Gasteiger partial charge in [0.25, 0.3) is 5.91 Å². The number of nitrogens with one attached hydrogen (secondary N) is 1. The first-order chi connectivity index (χ1) is 14.0. The lowest BCUT2D eigenvalue weighted by Gasteiger charge is -2.07. The Labute approximate surface area is 178 Å². The van der Waals surface area contributed by atoms with Gasteiger partial charge in [0.1, 0.15) is 18.1 Å². The first-order valence-electron chi connectivity index (χ1n) is 8.69. The zero-order valence-corrected chi connectivity index (χ0v) is 17.1. The van der Waals surface area contributed by atoms with Crippen LogP contribution in [-0.2, 0) is 6.61 Å². The molecule has 0 radical (unpaired) electrons. The quantitative estimate of drug-likeness (QED) is 0.407. The van der Waals surface area contributed by atoms with Crippen LogP contribution in [0.3, 0.4) is 0 Å². The van der Waals surface area contributed by atoms with Crippen molar-refractivity contribution in [3.05, 3.63) is 93.5 Å². The highest BCUT2D eigenvalue weighted by atomic mass is 35.5. The number of carbonyl (C=O) groups is 1. The molecule has 3 rings (SSSR count). The van der Waals surface area contributed by atoms with Gasteiger partial charge in [-0.15, -0.1) is 0 Å². The number of rotatable bonds is 7. The molecular formula is C22H18Cl2N2O3. The number of methoxy groups -OCH3 is 1. The number of hydrogen-bond acceptors (Lipinski definition) is 4. The summed E-state index contributed by atoms with van der Waals surface area (Å²) in [5.74, 6) is 1.09. The molecule has 0 spiro atoms. The molecule has 29 heavy (non-hydrogen) atoms. The number of nitrogens with zero attached hydrogens (tertiary/aromatic N) is 1. The third-order valence-electron chi connectivity index (χ3n) is 4.00. The van der Waals surface area contributed by atoms with E-state index in [0.717, 1.165) is 11.1 Å². The van der Waals surface area contributed by atoms with Crippen LogP contribution in [0.4, 0.5) is 0 Å². The van der Waals surface area contributed by atoms with Crippen LogP contribution in [-0.4, -0.2) is 19.2 Å². The summed E-state index contributed by atoms with van der Waals surface area (Å²) in [5, 5.41) is 4.99. The molecule has 5 nitrogen and oxygen atoms in total. The number of carbonyl (C=O) groups excluding carboxylic acids is 1. The molecule has 0 saturated heterocycles. The van der Waals surface area contributed by atoms with E-state index in [1.54, 1.807) is 49.7 Å². The van der Waals surface area contributed by atoms with Crippen molar-refractivity contribution in [1.29, 1.82) is 0 Å². The second-order valence-electron chi connectivity index (χ2n) is 6.03. The van der Waals surface area contributed by atoms with Crippen LogP contribution in [0.25, 0.3) is 0 Å². The van der Waals surface area contributed by atoms with Crippen molar-refractivity contribution in [2.24, 2.45) is 5.10 Å². The zero-order chi connectivity index (χ0) is 20.6. The fraction of sp³-hybridized carbons (Fsp3) is 0.0909. The van der Waals surface area contributed by atoms with Crippen molar-refractivity contribution in [2.75, 3.05) is 7.11 Å². The van der Waals surface area contributed by atoms with Crippen molar-refractivity contribution in [3.63, 3.8) is 0 Å². The molecule has 0 heterocycles. The summed E-state index contributed by atoms with van der Waals surface area (Å²) >= 11 is 11.9. The van der Waals surface area contributed by atoms with Gasteiger partial charge in [0, 0.05) is 5.56 Å². The van der Waals surface area contributed by atoms with Gasteiger partial charge in [-0.2, -0.15) is 5.10 Å². The first kappa shape index (κ1) is 20.7. The highest BCUT2D eigenvalue weighted by Gasteiger charge is 2.04. The zero-order valence-electron chi connectivity index (χ0n) is 15.6. The molecule has 0 aliphatic carbocycles. The maximum absolute atomic E-state index is 12.1. The van der Waals surface area contributed by atoms with Crippen LogP contribution < -0.4 is 14.9 Å². The van der Waals surface area contributed by atoms with Gasteiger partial charge in [-0.05, 0) is 71.8 Å². The van der Waals surface area contributed by atoms with Crippen LogP contribution in [0, 0.1) is 0 Å². The standard InChI is InChI=1S/C22H18Cl2N2O3/c1-28-18-9-5-17(6-10-18)22(27)26-25-13-15-2-7-19(8-3-15)29-14-16-4-11-20(23)21(24)12-16/h2-13H,14H2,1H3,(H,26,27)/b25-13-. The molecule has 3 aromatic rings. The number of halogens is 2. The lowest BCUT2D eigenvalue weighted by atomic mass is 10.2. The average Bonchev–Trinajstić information content (AvgIpc) is 2.75. The van der Waals surface area contributed by atoms with E-state index in [2.05, 4.69) is 10.5 Å².